The van der Waals surface area contributed by atoms with E-state index in [-0.39, 0.29) is 0 Å². The van der Waals surface area contributed by atoms with Crippen molar-refractivity contribution in [3.05, 3.63) is 128 Å². The van der Waals surface area contributed by atoms with E-state index in [0.29, 0.717) is 13.1 Å². The highest BCUT2D eigenvalue weighted by atomic mass is 32.2. The van der Waals surface area contributed by atoms with Crippen molar-refractivity contribution in [3.63, 3.8) is 0 Å². The maximum Gasteiger partial charge on any atom is 0.225 e. The molecule has 14 nitrogen and oxygen atoms in total. The fourth-order valence-corrected chi connectivity index (χ4v) is 8.25. The molecule has 0 atom stereocenters. The predicted molar refractivity (Wildman–Crippen MR) is 235 cm³/mol. The fraction of sp³-hybridized carbons (Fsp3) is 0.227. The van der Waals surface area contributed by atoms with E-state index in [2.05, 4.69) is 113 Å². The number of hydrogen-bond donors (Lipinski definition) is 2. The molecule has 15 heteroatoms. The van der Waals surface area contributed by atoms with Crippen molar-refractivity contribution in [2.45, 2.75) is 9.79 Å². The van der Waals surface area contributed by atoms with E-state index in [9.17, 15) is 0 Å². The second-order valence-electron chi connectivity index (χ2n) is 14.2. The zero-order chi connectivity index (χ0) is 39.8. The zero-order valence-corrected chi connectivity index (χ0v) is 33.4. The largest absolute Gasteiger partial charge is 0.382 e. The Hall–Kier alpha value is -6.71. The Morgan fingerprint density at radius 1 is 0.508 bits per heavy atom. The number of piperazine rings is 2. The first-order valence-corrected chi connectivity index (χ1v) is 20.7. The van der Waals surface area contributed by atoms with Crippen molar-refractivity contribution in [2.75, 3.05) is 90.4 Å². The summed E-state index contributed by atoms with van der Waals surface area (Å²) in [6, 6.07) is 35.0. The maximum absolute atomic E-state index is 5.89. The van der Waals surface area contributed by atoms with E-state index in [1.165, 1.54) is 0 Å². The molecular formula is C44H44N14S. The lowest BCUT2D eigenvalue weighted by molar-refractivity contribution is 0.630. The van der Waals surface area contributed by atoms with Crippen molar-refractivity contribution in [1.29, 1.82) is 0 Å². The van der Waals surface area contributed by atoms with Crippen molar-refractivity contribution >= 4 is 41.0 Å². The third kappa shape index (κ3) is 8.76. The molecule has 0 amide bonds. The molecule has 0 saturated carbocycles. The van der Waals surface area contributed by atoms with Gasteiger partial charge in [0.05, 0.1) is 5.69 Å². The van der Waals surface area contributed by atoms with Crippen LogP contribution in [-0.4, -0.2) is 106 Å². The summed E-state index contributed by atoms with van der Waals surface area (Å²) in [4.78, 5) is 29.6. The van der Waals surface area contributed by atoms with Gasteiger partial charge in [0.1, 0.15) is 11.4 Å². The quantitative estimate of drug-likeness (QED) is 0.148. The molecule has 3 aromatic carbocycles. The number of hydrogen-bond acceptors (Lipinski definition) is 15. The molecule has 3 N–H and O–H groups in total. The van der Waals surface area contributed by atoms with E-state index in [1.54, 1.807) is 24.2 Å². The molecule has 0 unspecified atom stereocenters. The van der Waals surface area contributed by atoms with Crippen LogP contribution >= 0.6 is 11.8 Å². The van der Waals surface area contributed by atoms with Gasteiger partial charge in [0.25, 0.3) is 0 Å². The monoisotopic (exact) mass is 800 g/mol. The topological polar surface area (TPSA) is 154 Å². The van der Waals surface area contributed by atoms with Crippen LogP contribution in [0.3, 0.4) is 0 Å². The summed E-state index contributed by atoms with van der Waals surface area (Å²) in [5, 5.41) is 22.3. The van der Waals surface area contributed by atoms with E-state index >= 15 is 0 Å². The first kappa shape index (κ1) is 37.8. The number of nitrogens with two attached hydrogens (primary N) is 1. The molecule has 6 heterocycles. The van der Waals surface area contributed by atoms with Crippen LogP contribution in [0.25, 0.3) is 33.6 Å². The molecule has 2 fully saturated rings. The number of nitrogens with zero attached hydrogens (tertiary/aromatic N) is 12. The second-order valence-corrected chi connectivity index (χ2v) is 15.3. The van der Waals surface area contributed by atoms with Gasteiger partial charge in [0.15, 0.2) is 11.6 Å². The van der Waals surface area contributed by atoms with Gasteiger partial charge in [-0.1, -0.05) is 84.6 Å². The van der Waals surface area contributed by atoms with Crippen molar-refractivity contribution in [3.8, 4) is 33.6 Å². The van der Waals surface area contributed by atoms with Gasteiger partial charge in [0.2, 0.25) is 11.9 Å². The van der Waals surface area contributed by atoms with Gasteiger partial charge in [-0.2, -0.15) is 0 Å². The third-order valence-electron chi connectivity index (χ3n) is 10.5. The van der Waals surface area contributed by atoms with E-state index in [0.717, 1.165) is 125 Å². The summed E-state index contributed by atoms with van der Waals surface area (Å²) < 4.78 is 0. The molecule has 0 aliphatic carbocycles. The van der Waals surface area contributed by atoms with Crippen molar-refractivity contribution in [2.24, 2.45) is 5.73 Å². The predicted octanol–water partition coefficient (Wildman–Crippen LogP) is 6.02. The highest BCUT2D eigenvalue weighted by molar-refractivity contribution is 7.99. The van der Waals surface area contributed by atoms with E-state index in [4.69, 9.17) is 31.0 Å². The standard InChI is InChI=1S/C44H44N14S/c45-16-19-46-37-28-39(55-20-24-57(25-21-55)43-47-17-7-18-48-43)51-53-41(37)34-14-12-32(13-15-34)35-30-49-44(50-31-35)58-26-22-56(23-27-58)40-29-38(59-36-10-5-2-6-11-36)42(54-52-40)33-8-3-1-4-9-33/h1-15,17-18,28-31H,16,19-27,45H2,(H,46,51). The van der Waals surface area contributed by atoms with Crippen molar-refractivity contribution < 1.29 is 0 Å². The smallest absolute Gasteiger partial charge is 0.225 e. The van der Waals surface area contributed by atoms with Crippen LogP contribution in [-0.2, 0) is 0 Å². The minimum atomic E-state index is 0.504. The zero-order valence-electron chi connectivity index (χ0n) is 32.5. The fourth-order valence-electron chi connectivity index (χ4n) is 7.28. The van der Waals surface area contributed by atoms with Gasteiger partial charge in [-0.15, -0.1) is 20.4 Å². The Balaban J connectivity index is 0.841. The average molecular weight is 801 g/mol. The number of aromatic nitrogens is 8. The lowest BCUT2D eigenvalue weighted by Crippen LogP contribution is -2.47. The molecular weight excluding hydrogens is 757 g/mol. The van der Waals surface area contributed by atoms with Crippen LogP contribution in [0.4, 0.5) is 29.2 Å². The van der Waals surface area contributed by atoms with Crippen LogP contribution in [0.2, 0.25) is 0 Å². The third-order valence-corrected chi connectivity index (χ3v) is 11.5. The summed E-state index contributed by atoms with van der Waals surface area (Å²) in [5.41, 5.74) is 12.4. The van der Waals surface area contributed by atoms with Gasteiger partial charge in [-0.05, 0) is 29.8 Å². The summed E-state index contributed by atoms with van der Waals surface area (Å²) in [5.74, 6) is 3.18. The summed E-state index contributed by atoms with van der Waals surface area (Å²) >= 11 is 1.71. The minimum Gasteiger partial charge on any atom is -0.382 e. The Morgan fingerprint density at radius 2 is 1.03 bits per heavy atom. The molecule has 0 spiro atoms. The number of anilines is 5. The first-order valence-electron chi connectivity index (χ1n) is 19.9. The van der Waals surface area contributed by atoms with Crippen LogP contribution < -0.4 is 30.7 Å². The van der Waals surface area contributed by atoms with Crippen LogP contribution in [0.1, 0.15) is 0 Å². The van der Waals surface area contributed by atoms with Gasteiger partial charge in [-0.25, -0.2) is 19.9 Å². The first-order chi connectivity index (χ1) is 29.2. The molecule has 296 valence electrons. The van der Waals surface area contributed by atoms with Gasteiger partial charge >= 0.3 is 0 Å². The number of benzene rings is 3. The molecule has 2 aliphatic rings. The number of nitrogens with one attached hydrogen (secondary N) is 1. The molecule has 0 radical (unpaired) electrons. The molecule has 2 saturated heterocycles. The Bertz CT molecular complexity index is 2430. The summed E-state index contributed by atoms with van der Waals surface area (Å²) in [7, 11) is 0. The SMILES string of the molecule is NCCNc1cc(N2CCN(c3ncccn3)CC2)nnc1-c1ccc(-c2cnc(N3CCN(c4cc(Sc5ccccc5)c(-c5ccccc5)nn4)CC3)nc2)cc1. The van der Waals surface area contributed by atoms with Crippen LogP contribution in [0.5, 0.6) is 0 Å². The molecule has 0 bridgehead atoms. The maximum atomic E-state index is 5.89. The lowest BCUT2D eigenvalue weighted by atomic mass is 10.0. The van der Waals surface area contributed by atoms with Crippen molar-refractivity contribution in [1.82, 2.24) is 40.3 Å². The summed E-state index contributed by atoms with van der Waals surface area (Å²) in [6.45, 7) is 7.44. The van der Waals surface area contributed by atoms with Crippen LogP contribution in [0.15, 0.2) is 138 Å². The van der Waals surface area contributed by atoms with Gasteiger partial charge in [-0.3, -0.25) is 0 Å². The van der Waals surface area contributed by atoms with E-state index < -0.39 is 0 Å². The molecule has 7 aromatic rings. The Kier molecular flexibility index (Phi) is 11.4. The second kappa shape index (κ2) is 17.8. The Morgan fingerprint density at radius 3 is 1.66 bits per heavy atom. The normalized spacial score (nSPS) is 14.4. The summed E-state index contributed by atoms with van der Waals surface area (Å²) in [6.07, 6.45) is 7.35. The van der Waals surface area contributed by atoms with E-state index in [1.807, 2.05) is 42.7 Å². The molecule has 9 rings (SSSR count). The highest BCUT2D eigenvalue weighted by Gasteiger charge is 2.24. The lowest BCUT2D eigenvalue weighted by Gasteiger charge is -2.35. The molecule has 59 heavy (non-hydrogen) atoms. The van der Waals surface area contributed by atoms with Gasteiger partial charge < -0.3 is 30.7 Å². The molecule has 2 aliphatic heterocycles. The average Bonchev–Trinajstić information content (AvgIpc) is 3.32. The highest BCUT2D eigenvalue weighted by Crippen LogP contribution is 2.37. The Labute approximate surface area is 347 Å². The molecule has 4 aromatic heterocycles. The minimum absolute atomic E-state index is 0.504. The number of rotatable bonds is 12. The van der Waals surface area contributed by atoms with Gasteiger partial charge in [0, 0.05) is 123 Å². The van der Waals surface area contributed by atoms with Crippen LogP contribution in [0, 0.1) is 0 Å².